The third-order valence-corrected chi connectivity index (χ3v) is 10.0. The monoisotopic (exact) mass is 439 g/mol. The first-order valence-electron chi connectivity index (χ1n) is 11.6. The van der Waals surface area contributed by atoms with Gasteiger partial charge in [0, 0.05) is 25.2 Å². The first-order valence-corrected chi connectivity index (χ1v) is 12.5. The van der Waals surface area contributed by atoms with E-state index in [2.05, 4.69) is 50.9 Å². The van der Waals surface area contributed by atoms with Crippen molar-refractivity contribution in [3.63, 3.8) is 0 Å². The summed E-state index contributed by atoms with van der Waals surface area (Å²) in [6, 6.07) is 6.46. The van der Waals surface area contributed by atoms with E-state index in [4.69, 9.17) is 5.10 Å². The first kappa shape index (κ1) is 21.0. The fourth-order valence-electron chi connectivity index (χ4n) is 6.59. The van der Waals surface area contributed by atoms with Crippen LogP contribution >= 0.6 is 11.8 Å². The van der Waals surface area contributed by atoms with Gasteiger partial charge >= 0.3 is 5.24 Å². The normalized spacial score (nSPS) is 34.0. The summed E-state index contributed by atoms with van der Waals surface area (Å²) < 4.78 is 0. The van der Waals surface area contributed by atoms with Crippen LogP contribution in [0.1, 0.15) is 64.5 Å². The second kappa shape index (κ2) is 7.09. The van der Waals surface area contributed by atoms with Crippen molar-refractivity contribution in [2.45, 2.75) is 65.0 Å². The maximum Gasteiger partial charge on any atom is 0.309 e. The molecule has 2 amide bonds. The van der Waals surface area contributed by atoms with E-state index < -0.39 is 0 Å². The zero-order chi connectivity index (χ0) is 22.1. The molecule has 166 valence electrons. The molecule has 31 heavy (non-hydrogen) atoms. The van der Waals surface area contributed by atoms with Crippen LogP contribution in [-0.4, -0.2) is 40.7 Å². The molecule has 2 fully saturated rings. The van der Waals surface area contributed by atoms with Crippen molar-refractivity contribution in [3.05, 3.63) is 29.3 Å². The van der Waals surface area contributed by atoms with Gasteiger partial charge in [0.2, 0.25) is 0 Å². The minimum atomic E-state index is -0.233. The number of imide groups is 1. The van der Waals surface area contributed by atoms with Crippen LogP contribution in [0.4, 0.5) is 10.5 Å². The van der Waals surface area contributed by atoms with Gasteiger partial charge in [-0.15, -0.1) is 0 Å². The molecule has 1 aromatic carbocycles. The summed E-state index contributed by atoms with van der Waals surface area (Å²) in [5.74, 6) is 0.331. The average Bonchev–Trinajstić information content (AvgIpc) is 3.07. The molecule has 2 aliphatic carbocycles. The molecule has 4 atom stereocenters. The maximum absolute atomic E-state index is 13.6. The Hall–Kier alpha value is -1.82. The van der Waals surface area contributed by atoms with Gasteiger partial charge in [0.05, 0.1) is 11.0 Å². The molecule has 0 radical (unpaired) electrons. The van der Waals surface area contributed by atoms with E-state index in [-0.39, 0.29) is 33.1 Å². The van der Waals surface area contributed by atoms with Crippen LogP contribution in [0.3, 0.4) is 0 Å². The predicted molar refractivity (Wildman–Crippen MR) is 127 cm³/mol. The highest BCUT2D eigenvalue weighted by Crippen LogP contribution is 2.68. The van der Waals surface area contributed by atoms with Gasteiger partial charge in [-0.25, -0.2) is 0 Å². The molecule has 2 bridgehead atoms. The van der Waals surface area contributed by atoms with Crippen LogP contribution in [0, 0.1) is 22.7 Å². The number of carbonyl (C=O) groups is 2. The number of benzene rings is 1. The highest BCUT2D eigenvalue weighted by molar-refractivity contribution is 8.14. The lowest BCUT2D eigenvalue weighted by Gasteiger charge is -2.39. The van der Waals surface area contributed by atoms with Crippen LogP contribution < -0.4 is 4.90 Å². The Balaban J connectivity index is 1.48. The van der Waals surface area contributed by atoms with E-state index in [1.165, 1.54) is 34.4 Å². The summed E-state index contributed by atoms with van der Waals surface area (Å²) in [4.78, 5) is 28.8. The molecular formula is C25H33N3O2S. The highest BCUT2D eigenvalue weighted by atomic mass is 32.2. The number of carbonyl (C=O) groups excluding carboxylic acids is 2. The smallest absolute Gasteiger partial charge is 0.309 e. The minimum Gasteiger partial charge on any atom is -0.374 e. The number of rotatable bonds is 2. The van der Waals surface area contributed by atoms with E-state index in [9.17, 15) is 9.59 Å². The molecule has 2 aliphatic heterocycles. The number of nitrogens with zero attached hydrogens (tertiary/aromatic N) is 3. The zero-order valence-electron chi connectivity index (χ0n) is 19.3. The van der Waals surface area contributed by atoms with E-state index in [0.717, 1.165) is 43.5 Å². The van der Waals surface area contributed by atoms with E-state index >= 15 is 0 Å². The summed E-state index contributed by atoms with van der Waals surface area (Å²) in [6.45, 7) is 9.93. The van der Waals surface area contributed by atoms with Crippen molar-refractivity contribution < 1.29 is 9.59 Å². The number of hydrogen-bond acceptors (Lipinski definition) is 5. The Morgan fingerprint density at radius 3 is 2.71 bits per heavy atom. The second-order valence-electron chi connectivity index (χ2n) is 10.7. The number of hydrazone groups is 1. The van der Waals surface area contributed by atoms with Gasteiger partial charge in [-0.1, -0.05) is 38.6 Å². The molecule has 4 aliphatic rings. The molecular weight excluding hydrogens is 406 g/mol. The molecule has 1 aromatic rings. The number of fused-ring (bicyclic) bond motifs is 3. The predicted octanol–water partition coefficient (Wildman–Crippen LogP) is 5.32. The van der Waals surface area contributed by atoms with Crippen LogP contribution in [0.25, 0.3) is 0 Å². The van der Waals surface area contributed by atoms with Crippen molar-refractivity contribution in [2.75, 3.05) is 18.5 Å². The molecule has 2 saturated carbocycles. The summed E-state index contributed by atoms with van der Waals surface area (Å²) in [6.07, 6.45) is 5.32. The Morgan fingerprint density at radius 1 is 1.26 bits per heavy atom. The Morgan fingerprint density at radius 2 is 2.03 bits per heavy atom. The van der Waals surface area contributed by atoms with Crippen LogP contribution in [0.5, 0.6) is 0 Å². The van der Waals surface area contributed by atoms with Crippen molar-refractivity contribution in [3.8, 4) is 0 Å². The summed E-state index contributed by atoms with van der Waals surface area (Å²) in [5.41, 5.74) is 4.52. The van der Waals surface area contributed by atoms with Crippen LogP contribution in [0.15, 0.2) is 23.3 Å². The van der Waals surface area contributed by atoms with E-state index in [1.54, 1.807) is 0 Å². The molecule has 0 N–H and O–H groups in total. The summed E-state index contributed by atoms with van der Waals surface area (Å²) in [5, 5.41) is 5.61. The number of aryl methyl sites for hydroxylation is 1. The van der Waals surface area contributed by atoms with Gasteiger partial charge in [0.1, 0.15) is 0 Å². The van der Waals surface area contributed by atoms with Crippen molar-refractivity contribution in [2.24, 2.45) is 27.8 Å². The van der Waals surface area contributed by atoms with Crippen LogP contribution in [-0.2, 0) is 11.2 Å². The lowest BCUT2D eigenvalue weighted by Crippen LogP contribution is -2.46. The standard InChI is InChI=1S/C25H33N3O2S/c1-15-21(17-8-9-20-16(13-17)7-6-12-27(20)5)26-28(23(30)31-15)22(29)19-14-18-10-11-25(19,4)24(18,2)3/h8-9,13,15,18-19H,6-7,10-12,14H2,1-5H3. The molecule has 6 heteroatoms. The molecule has 5 rings (SSSR count). The molecule has 5 nitrogen and oxygen atoms in total. The van der Waals surface area contributed by atoms with Crippen molar-refractivity contribution in [1.29, 1.82) is 0 Å². The molecule has 2 heterocycles. The van der Waals surface area contributed by atoms with Gasteiger partial charge < -0.3 is 4.90 Å². The molecule has 0 aromatic heterocycles. The topological polar surface area (TPSA) is 53.0 Å². The third-order valence-electron chi connectivity index (χ3n) is 9.07. The fourth-order valence-corrected chi connectivity index (χ4v) is 7.42. The number of amides is 2. The zero-order valence-corrected chi connectivity index (χ0v) is 20.1. The van der Waals surface area contributed by atoms with Crippen molar-refractivity contribution in [1.82, 2.24) is 5.01 Å². The lowest BCUT2D eigenvalue weighted by molar-refractivity contribution is -0.137. The Bertz CT molecular complexity index is 987. The van der Waals surface area contributed by atoms with Gasteiger partial charge in [0.15, 0.2) is 0 Å². The maximum atomic E-state index is 13.6. The first-order chi connectivity index (χ1) is 14.6. The van der Waals surface area contributed by atoms with Gasteiger partial charge in [-0.2, -0.15) is 10.1 Å². The summed E-state index contributed by atoms with van der Waals surface area (Å²) in [7, 11) is 2.13. The van der Waals surface area contributed by atoms with E-state index in [1.807, 2.05) is 6.92 Å². The van der Waals surface area contributed by atoms with Gasteiger partial charge in [-0.3, -0.25) is 9.59 Å². The SMILES string of the molecule is CC1SC(=O)N(C(=O)C2CC3CCC2(C)C3(C)C)N=C1c1ccc2c(c1)CCCN2C. The quantitative estimate of drug-likeness (QED) is 0.626. The lowest BCUT2D eigenvalue weighted by atomic mass is 9.66. The summed E-state index contributed by atoms with van der Waals surface area (Å²) >= 11 is 1.22. The Labute approximate surface area is 189 Å². The largest absolute Gasteiger partial charge is 0.374 e. The number of thioether (sulfide) groups is 1. The molecule has 0 saturated heterocycles. The van der Waals surface area contributed by atoms with Crippen molar-refractivity contribution >= 4 is 34.3 Å². The third kappa shape index (κ3) is 3.00. The number of anilines is 1. The highest BCUT2D eigenvalue weighted by Gasteiger charge is 2.64. The van der Waals surface area contributed by atoms with Gasteiger partial charge in [0.25, 0.3) is 5.91 Å². The number of hydrogen-bond donors (Lipinski definition) is 0. The molecule has 4 unspecified atom stereocenters. The minimum absolute atomic E-state index is 0.0607. The van der Waals surface area contributed by atoms with Gasteiger partial charge in [-0.05, 0) is 79.0 Å². The fraction of sp³-hybridized carbons (Fsp3) is 0.640. The average molecular weight is 440 g/mol. The molecule has 0 spiro atoms. The van der Waals surface area contributed by atoms with Crippen LogP contribution in [0.2, 0.25) is 0 Å². The Kier molecular flexibility index (Phi) is 4.82. The van der Waals surface area contributed by atoms with E-state index in [0.29, 0.717) is 5.92 Å². The second-order valence-corrected chi connectivity index (χ2v) is 12.0.